The van der Waals surface area contributed by atoms with Crippen LogP contribution in [0.5, 0.6) is 0 Å². The molecule has 0 saturated carbocycles. The minimum atomic E-state index is -1.02. The first-order chi connectivity index (χ1) is 6.52. The number of hydrogen-bond donors (Lipinski definition) is 2. The normalized spacial score (nSPS) is 10.2. The Labute approximate surface area is 85.6 Å². The molecule has 0 bridgehead atoms. The summed E-state index contributed by atoms with van der Waals surface area (Å²) >= 11 is 1.25. The van der Waals surface area contributed by atoms with Gasteiger partial charge in [-0.25, -0.2) is 4.79 Å². The number of nitrogens with one attached hydrogen (secondary N) is 1. The van der Waals surface area contributed by atoms with Crippen molar-refractivity contribution in [1.29, 1.82) is 0 Å². The summed E-state index contributed by atoms with van der Waals surface area (Å²) in [5, 5.41) is 14.4. The molecule has 0 unspecified atom stereocenters. The Morgan fingerprint density at radius 1 is 1.43 bits per heavy atom. The van der Waals surface area contributed by atoms with Gasteiger partial charge in [0.05, 0.1) is 11.3 Å². The standard InChI is InChI=1S/C9H11NO3S/c1-5(2)8(11)10-7-4-14-3-6(7)9(12)13/h3-5H,1-2H3,(H,10,11)(H,12,13). The first-order valence-electron chi connectivity index (χ1n) is 4.12. The van der Waals surface area contributed by atoms with E-state index >= 15 is 0 Å². The molecule has 0 aliphatic carbocycles. The van der Waals surface area contributed by atoms with Crippen molar-refractivity contribution in [2.75, 3.05) is 5.32 Å². The fourth-order valence-electron chi connectivity index (χ4n) is 0.837. The van der Waals surface area contributed by atoms with Gasteiger partial charge in [-0.1, -0.05) is 13.8 Å². The van der Waals surface area contributed by atoms with E-state index in [1.54, 1.807) is 19.2 Å². The van der Waals surface area contributed by atoms with E-state index in [-0.39, 0.29) is 17.4 Å². The molecule has 76 valence electrons. The second-order valence-electron chi connectivity index (χ2n) is 3.15. The van der Waals surface area contributed by atoms with Crippen LogP contribution in [0.25, 0.3) is 0 Å². The highest BCUT2D eigenvalue weighted by molar-refractivity contribution is 7.08. The summed E-state index contributed by atoms with van der Waals surface area (Å²) in [6.45, 7) is 3.50. The smallest absolute Gasteiger partial charge is 0.338 e. The highest BCUT2D eigenvalue weighted by Gasteiger charge is 2.14. The van der Waals surface area contributed by atoms with Crippen molar-refractivity contribution in [1.82, 2.24) is 0 Å². The molecule has 0 spiro atoms. The first-order valence-corrected chi connectivity index (χ1v) is 5.07. The van der Waals surface area contributed by atoms with Crippen LogP contribution < -0.4 is 5.32 Å². The van der Waals surface area contributed by atoms with E-state index in [2.05, 4.69) is 5.32 Å². The number of aromatic carboxylic acids is 1. The molecule has 0 saturated heterocycles. The molecule has 1 amide bonds. The summed E-state index contributed by atoms with van der Waals surface area (Å²) in [5.74, 6) is -1.35. The van der Waals surface area contributed by atoms with Crippen molar-refractivity contribution < 1.29 is 14.7 Å². The van der Waals surface area contributed by atoms with Gasteiger partial charge < -0.3 is 10.4 Å². The number of carboxylic acid groups (broad SMARTS) is 1. The molecule has 2 N–H and O–H groups in total. The second-order valence-corrected chi connectivity index (χ2v) is 3.89. The van der Waals surface area contributed by atoms with Gasteiger partial charge in [0, 0.05) is 16.7 Å². The van der Waals surface area contributed by atoms with Gasteiger partial charge in [-0.05, 0) is 0 Å². The van der Waals surface area contributed by atoms with E-state index in [4.69, 9.17) is 5.11 Å². The highest BCUT2D eigenvalue weighted by Crippen LogP contribution is 2.21. The topological polar surface area (TPSA) is 66.4 Å². The number of carbonyl (C=O) groups excluding carboxylic acids is 1. The number of rotatable bonds is 3. The fourth-order valence-corrected chi connectivity index (χ4v) is 1.59. The van der Waals surface area contributed by atoms with E-state index in [0.717, 1.165) is 0 Å². The number of thiophene rings is 1. The Bertz CT molecular complexity index is 357. The van der Waals surface area contributed by atoms with E-state index in [9.17, 15) is 9.59 Å². The van der Waals surface area contributed by atoms with Gasteiger partial charge >= 0.3 is 5.97 Å². The number of anilines is 1. The van der Waals surface area contributed by atoms with Crippen molar-refractivity contribution in [2.24, 2.45) is 5.92 Å². The van der Waals surface area contributed by atoms with Crippen LogP contribution in [-0.4, -0.2) is 17.0 Å². The molecule has 5 heteroatoms. The molecule has 4 nitrogen and oxygen atoms in total. The Kier molecular flexibility index (Phi) is 3.24. The minimum absolute atomic E-state index is 0.143. The predicted molar refractivity (Wildman–Crippen MR) is 54.7 cm³/mol. The largest absolute Gasteiger partial charge is 0.478 e. The molecule has 0 aliphatic rings. The lowest BCUT2D eigenvalue weighted by molar-refractivity contribution is -0.118. The zero-order chi connectivity index (χ0) is 10.7. The predicted octanol–water partition coefficient (Wildman–Crippen LogP) is 2.04. The summed E-state index contributed by atoms with van der Waals surface area (Å²) in [7, 11) is 0. The molecule has 0 atom stereocenters. The average Bonchev–Trinajstić information content (AvgIpc) is 2.52. The number of carboxylic acids is 1. The van der Waals surface area contributed by atoms with E-state index in [0.29, 0.717) is 5.69 Å². The fraction of sp³-hybridized carbons (Fsp3) is 0.333. The number of carbonyl (C=O) groups is 2. The molecule has 0 radical (unpaired) electrons. The van der Waals surface area contributed by atoms with Gasteiger partial charge in [0.25, 0.3) is 0 Å². The van der Waals surface area contributed by atoms with Crippen LogP contribution >= 0.6 is 11.3 Å². The number of amides is 1. The lowest BCUT2D eigenvalue weighted by atomic mass is 10.2. The molecule has 14 heavy (non-hydrogen) atoms. The van der Waals surface area contributed by atoms with Crippen LogP contribution in [0.15, 0.2) is 10.8 Å². The Morgan fingerprint density at radius 2 is 2.07 bits per heavy atom. The minimum Gasteiger partial charge on any atom is -0.478 e. The first kappa shape index (κ1) is 10.7. The third-order valence-corrected chi connectivity index (χ3v) is 2.42. The molecular formula is C9H11NO3S. The molecule has 1 heterocycles. The van der Waals surface area contributed by atoms with Crippen LogP contribution in [0, 0.1) is 5.92 Å². The quantitative estimate of drug-likeness (QED) is 0.807. The van der Waals surface area contributed by atoms with E-state index in [1.165, 1.54) is 16.7 Å². The molecule has 1 rings (SSSR count). The van der Waals surface area contributed by atoms with E-state index < -0.39 is 5.97 Å². The Morgan fingerprint density at radius 3 is 2.57 bits per heavy atom. The maximum atomic E-state index is 11.3. The summed E-state index contributed by atoms with van der Waals surface area (Å²) in [6, 6.07) is 0. The van der Waals surface area contributed by atoms with Crippen LogP contribution in [0.3, 0.4) is 0 Å². The summed E-state index contributed by atoms with van der Waals surface area (Å²) < 4.78 is 0. The van der Waals surface area contributed by atoms with Gasteiger partial charge in [0.2, 0.25) is 5.91 Å². The molecule has 0 fully saturated rings. The van der Waals surface area contributed by atoms with Gasteiger partial charge in [-0.15, -0.1) is 11.3 Å². The van der Waals surface area contributed by atoms with Crippen molar-refractivity contribution in [2.45, 2.75) is 13.8 Å². The van der Waals surface area contributed by atoms with Crippen molar-refractivity contribution in [3.63, 3.8) is 0 Å². The van der Waals surface area contributed by atoms with Gasteiger partial charge in [0.15, 0.2) is 0 Å². The molecule has 1 aromatic rings. The van der Waals surface area contributed by atoms with Crippen molar-refractivity contribution in [3.8, 4) is 0 Å². The molecule has 1 aromatic heterocycles. The third kappa shape index (κ3) is 2.32. The average molecular weight is 213 g/mol. The Balaban J connectivity index is 2.82. The number of hydrogen-bond acceptors (Lipinski definition) is 3. The third-order valence-electron chi connectivity index (χ3n) is 1.67. The molecule has 0 aromatic carbocycles. The molecular weight excluding hydrogens is 202 g/mol. The van der Waals surface area contributed by atoms with E-state index in [1.807, 2.05) is 0 Å². The summed E-state index contributed by atoms with van der Waals surface area (Å²) in [6.07, 6.45) is 0. The van der Waals surface area contributed by atoms with Gasteiger partial charge in [-0.3, -0.25) is 4.79 Å². The Hall–Kier alpha value is -1.36. The lowest BCUT2D eigenvalue weighted by Crippen LogP contribution is -2.18. The van der Waals surface area contributed by atoms with Crippen molar-refractivity contribution >= 4 is 28.9 Å². The molecule has 0 aliphatic heterocycles. The zero-order valence-corrected chi connectivity index (χ0v) is 8.72. The zero-order valence-electron chi connectivity index (χ0n) is 7.90. The maximum absolute atomic E-state index is 11.3. The summed E-state index contributed by atoms with van der Waals surface area (Å²) in [4.78, 5) is 22.0. The van der Waals surface area contributed by atoms with Crippen molar-refractivity contribution in [3.05, 3.63) is 16.3 Å². The van der Waals surface area contributed by atoms with Gasteiger partial charge in [0.1, 0.15) is 0 Å². The SMILES string of the molecule is CC(C)C(=O)Nc1cscc1C(=O)O. The summed E-state index contributed by atoms with van der Waals surface area (Å²) in [5.41, 5.74) is 0.519. The highest BCUT2D eigenvalue weighted by atomic mass is 32.1. The van der Waals surface area contributed by atoms with Crippen LogP contribution in [0.4, 0.5) is 5.69 Å². The second kappa shape index (κ2) is 4.23. The lowest BCUT2D eigenvalue weighted by Gasteiger charge is -2.06. The maximum Gasteiger partial charge on any atom is 0.338 e. The van der Waals surface area contributed by atoms with Crippen LogP contribution in [0.2, 0.25) is 0 Å². The van der Waals surface area contributed by atoms with Crippen LogP contribution in [0.1, 0.15) is 24.2 Å². The monoisotopic (exact) mass is 213 g/mol. The van der Waals surface area contributed by atoms with Gasteiger partial charge in [-0.2, -0.15) is 0 Å². The van der Waals surface area contributed by atoms with Crippen LogP contribution in [-0.2, 0) is 4.79 Å².